The normalized spacial score (nSPS) is 13.9. The number of anilines is 3. The molecule has 0 radical (unpaired) electrons. The SMILES string of the molecule is CN(C)[C@@H](c1ccccc1)[C@H](Nc1c(Nc2cc(C(F)(F)F)cc(C(F)(F)F)c2)c(=O)c1=O)c1ccccc1. The lowest BCUT2D eigenvalue weighted by atomic mass is 9.91. The van der Waals surface area contributed by atoms with Crippen molar-refractivity contribution in [2.75, 3.05) is 24.7 Å². The number of alkyl halides is 6. The van der Waals surface area contributed by atoms with Crippen molar-refractivity contribution in [1.82, 2.24) is 4.90 Å². The fraction of sp³-hybridized carbons (Fsp3) is 0.214. The molecule has 0 fully saturated rings. The molecule has 0 spiro atoms. The molecule has 5 nitrogen and oxygen atoms in total. The predicted octanol–water partition coefficient (Wildman–Crippen LogP) is 6.52. The number of likely N-dealkylation sites (N-methyl/N-ethyl adjacent to an activating group) is 1. The Hall–Kier alpha value is -4.12. The first-order valence-corrected chi connectivity index (χ1v) is 11.7. The van der Waals surface area contributed by atoms with Gasteiger partial charge in [0, 0.05) is 5.69 Å². The van der Waals surface area contributed by atoms with Gasteiger partial charge in [0.1, 0.15) is 11.4 Å². The molecule has 204 valence electrons. The second-order valence-corrected chi connectivity index (χ2v) is 9.18. The van der Waals surface area contributed by atoms with Gasteiger partial charge < -0.3 is 15.5 Å². The van der Waals surface area contributed by atoms with Crippen molar-refractivity contribution < 1.29 is 26.3 Å². The van der Waals surface area contributed by atoms with E-state index in [-0.39, 0.29) is 17.8 Å². The van der Waals surface area contributed by atoms with Gasteiger partial charge in [0.15, 0.2) is 0 Å². The number of nitrogens with zero attached hydrogens (tertiary/aromatic N) is 1. The minimum atomic E-state index is -5.07. The molecule has 2 atom stereocenters. The second-order valence-electron chi connectivity index (χ2n) is 9.18. The highest BCUT2D eigenvalue weighted by Gasteiger charge is 2.37. The topological polar surface area (TPSA) is 61.4 Å². The van der Waals surface area contributed by atoms with Crippen LogP contribution in [0.3, 0.4) is 0 Å². The minimum absolute atomic E-state index is 0.0144. The molecular formula is C28H23F6N3O2. The summed E-state index contributed by atoms with van der Waals surface area (Å²) in [5, 5.41) is 5.38. The Balaban J connectivity index is 1.77. The van der Waals surface area contributed by atoms with Crippen LogP contribution in [0, 0.1) is 0 Å². The van der Waals surface area contributed by atoms with Crippen molar-refractivity contribution in [2.45, 2.75) is 24.4 Å². The molecule has 0 amide bonds. The first-order chi connectivity index (χ1) is 18.3. The minimum Gasteiger partial charge on any atom is -0.371 e. The zero-order chi connectivity index (χ0) is 28.5. The number of benzene rings is 3. The van der Waals surface area contributed by atoms with E-state index in [1.807, 2.05) is 49.3 Å². The van der Waals surface area contributed by atoms with Crippen LogP contribution in [0.1, 0.15) is 34.3 Å². The molecule has 0 unspecified atom stereocenters. The van der Waals surface area contributed by atoms with Gasteiger partial charge in [-0.25, -0.2) is 0 Å². The molecular weight excluding hydrogens is 524 g/mol. The van der Waals surface area contributed by atoms with E-state index in [0.717, 1.165) is 11.1 Å². The molecule has 4 aromatic carbocycles. The second kappa shape index (κ2) is 10.6. The third kappa shape index (κ3) is 5.98. The maximum Gasteiger partial charge on any atom is 0.416 e. The summed E-state index contributed by atoms with van der Waals surface area (Å²) >= 11 is 0. The van der Waals surface area contributed by atoms with E-state index < -0.39 is 51.8 Å². The summed E-state index contributed by atoms with van der Waals surface area (Å²) in [5.74, 6) is 0. The maximum atomic E-state index is 13.3. The van der Waals surface area contributed by atoms with Crippen LogP contribution in [-0.2, 0) is 12.4 Å². The number of nitrogens with one attached hydrogen (secondary N) is 2. The summed E-state index contributed by atoms with van der Waals surface area (Å²) in [7, 11) is 3.63. The van der Waals surface area contributed by atoms with E-state index in [4.69, 9.17) is 0 Å². The molecule has 0 saturated heterocycles. The van der Waals surface area contributed by atoms with Gasteiger partial charge in [-0.1, -0.05) is 60.7 Å². The average Bonchev–Trinajstić information content (AvgIpc) is 2.89. The van der Waals surface area contributed by atoms with E-state index in [1.54, 1.807) is 30.3 Å². The Morgan fingerprint density at radius 1 is 0.667 bits per heavy atom. The highest BCUT2D eigenvalue weighted by Crippen LogP contribution is 2.40. The van der Waals surface area contributed by atoms with Gasteiger partial charge in [-0.3, -0.25) is 9.59 Å². The Morgan fingerprint density at radius 2 is 1.13 bits per heavy atom. The Bertz CT molecular complexity index is 1480. The van der Waals surface area contributed by atoms with Crippen LogP contribution in [0.4, 0.5) is 43.4 Å². The Labute approximate surface area is 219 Å². The largest absolute Gasteiger partial charge is 0.416 e. The monoisotopic (exact) mass is 547 g/mol. The van der Waals surface area contributed by atoms with Gasteiger partial charge in [0.05, 0.1) is 23.2 Å². The summed E-state index contributed by atoms with van der Waals surface area (Å²) < 4.78 is 80.0. The van der Waals surface area contributed by atoms with Crippen LogP contribution in [-0.4, -0.2) is 19.0 Å². The molecule has 2 N–H and O–H groups in total. The smallest absolute Gasteiger partial charge is 0.371 e. The lowest BCUT2D eigenvalue weighted by Gasteiger charge is -2.35. The zero-order valence-electron chi connectivity index (χ0n) is 20.7. The van der Waals surface area contributed by atoms with E-state index in [0.29, 0.717) is 12.1 Å². The van der Waals surface area contributed by atoms with E-state index >= 15 is 0 Å². The van der Waals surface area contributed by atoms with Gasteiger partial charge >= 0.3 is 12.4 Å². The van der Waals surface area contributed by atoms with Gasteiger partial charge in [0.25, 0.3) is 10.9 Å². The maximum absolute atomic E-state index is 13.3. The van der Waals surface area contributed by atoms with Crippen molar-refractivity contribution in [3.8, 4) is 0 Å². The molecule has 0 aliphatic carbocycles. The van der Waals surface area contributed by atoms with Crippen LogP contribution in [0.15, 0.2) is 88.5 Å². The predicted molar refractivity (Wildman–Crippen MR) is 137 cm³/mol. The molecule has 4 aromatic rings. The van der Waals surface area contributed by atoms with Crippen molar-refractivity contribution in [2.24, 2.45) is 0 Å². The van der Waals surface area contributed by atoms with E-state index in [2.05, 4.69) is 10.6 Å². The van der Waals surface area contributed by atoms with Gasteiger partial charge in [0.2, 0.25) is 0 Å². The first kappa shape index (κ1) is 27.9. The molecule has 0 aliphatic rings. The Morgan fingerprint density at radius 3 is 1.59 bits per heavy atom. The van der Waals surface area contributed by atoms with Gasteiger partial charge in [-0.2, -0.15) is 26.3 Å². The Kier molecular flexibility index (Phi) is 7.56. The van der Waals surface area contributed by atoms with Crippen molar-refractivity contribution in [3.05, 3.63) is 122 Å². The highest BCUT2D eigenvalue weighted by molar-refractivity contribution is 5.79. The van der Waals surface area contributed by atoms with Crippen molar-refractivity contribution >= 4 is 17.1 Å². The quantitative estimate of drug-likeness (QED) is 0.194. The van der Waals surface area contributed by atoms with Gasteiger partial charge in [-0.15, -0.1) is 0 Å². The molecule has 0 aliphatic heterocycles. The molecule has 0 heterocycles. The van der Waals surface area contributed by atoms with Crippen LogP contribution >= 0.6 is 0 Å². The summed E-state index contributed by atoms with van der Waals surface area (Å²) in [6, 6.07) is 18.1. The molecule has 11 heteroatoms. The lowest BCUT2D eigenvalue weighted by molar-refractivity contribution is -0.143. The molecule has 0 saturated carbocycles. The van der Waals surface area contributed by atoms with Crippen molar-refractivity contribution in [1.29, 1.82) is 0 Å². The zero-order valence-corrected chi connectivity index (χ0v) is 20.7. The van der Waals surface area contributed by atoms with Crippen LogP contribution in [0.25, 0.3) is 0 Å². The number of hydrogen-bond donors (Lipinski definition) is 2. The third-order valence-corrected chi connectivity index (χ3v) is 6.24. The highest BCUT2D eigenvalue weighted by atomic mass is 19.4. The molecule has 39 heavy (non-hydrogen) atoms. The summed E-state index contributed by atoms with van der Waals surface area (Å²) in [5.41, 5.74) is -4.78. The molecule has 4 rings (SSSR count). The molecule has 0 aromatic heterocycles. The number of halogens is 6. The first-order valence-electron chi connectivity index (χ1n) is 11.7. The van der Waals surface area contributed by atoms with E-state index in [9.17, 15) is 35.9 Å². The summed E-state index contributed by atoms with van der Waals surface area (Å²) in [4.78, 5) is 27.0. The van der Waals surface area contributed by atoms with Crippen LogP contribution < -0.4 is 21.5 Å². The lowest BCUT2D eigenvalue weighted by Crippen LogP contribution is -2.40. The van der Waals surface area contributed by atoms with Crippen LogP contribution in [0.5, 0.6) is 0 Å². The standard InChI is InChI=1S/C28H23F6N3O2/c1-37(2)24(17-11-7-4-8-12-17)21(16-9-5-3-6-10-16)36-23-22(25(38)26(23)39)35-20-14-18(27(29,30)31)13-19(15-20)28(32,33)34/h3-15,21,24,35-36H,1-2H3/t21-,24+/m1/s1. The van der Waals surface area contributed by atoms with Crippen LogP contribution in [0.2, 0.25) is 0 Å². The summed E-state index contributed by atoms with van der Waals surface area (Å²) in [6.07, 6.45) is -10.1. The van der Waals surface area contributed by atoms with Crippen molar-refractivity contribution in [3.63, 3.8) is 0 Å². The number of rotatable bonds is 8. The number of hydrogen-bond acceptors (Lipinski definition) is 5. The average molecular weight is 547 g/mol. The van der Waals surface area contributed by atoms with Gasteiger partial charge in [-0.05, 0) is 43.4 Å². The summed E-state index contributed by atoms with van der Waals surface area (Å²) in [6.45, 7) is 0. The van der Waals surface area contributed by atoms with E-state index in [1.165, 1.54) is 0 Å². The fourth-order valence-electron chi connectivity index (χ4n) is 4.42. The molecule has 0 bridgehead atoms. The third-order valence-electron chi connectivity index (χ3n) is 6.24. The fourth-order valence-corrected chi connectivity index (χ4v) is 4.42.